The van der Waals surface area contributed by atoms with Gasteiger partial charge in [0, 0.05) is 30.1 Å². The van der Waals surface area contributed by atoms with E-state index in [0.717, 1.165) is 5.69 Å². The molecular weight excluding hydrogens is 262 g/mol. The van der Waals surface area contributed by atoms with E-state index in [1.165, 1.54) is 0 Å². The highest BCUT2D eigenvalue weighted by atomic mass is 35.5. The van der Waals surface area contributed by atoms with Gasteiger partial charge < -0.3 is 10.0 Å². The van der Waals surface area contributed by atoms with E-state index >= 15 is 0 Å². The van der Waals surface area contributed by atoms with Crippen LogP contribution in [0.4, 0.5) is 5.69 Å². The van der Waals surface area contributed by atoms with Crippen molar-refractivity contribution < 1.29 is 9.90 Å². The number of amides is 1. The molecule has 0 aliphatic rings. The van der Waals surface area contributed by atoms with Gasteiger partial charge in [-0.3, -0.25) is 4.79 Å². The zero-order valence-electron chi connectivity index (χ0n) is 11.4. The van der Waals surface area contributed by atoms with Crippen molar-refractivity contribution in [1.29, 1.82) is 0 Å². The lowest BCUT2D eigenvalue weighted by Gasteiger charge is -2.23. The van der Waals surface area contributed by atoms with Crippen LogP contribution < -0.4 is 4.90 Å². The minimum absolute atomic E-state index is 0.0403. The second-order valence-corrected chi connectivity index (χ2v) is 5.13. The molecule has 0 aliphatic heterocycles. The third-order valence-corrected chi connectivity index (χ3v) is 3.11. The number of aliphatic hydroxyl groups is 1. The van der Waals surface area contributed by atoms with Crippen molar-refractivity contribution >= 4 is 23.2 Å². The second kappa shape index (κ2) is 7.19. The standard InChI is InChI=1S/C15H20ClNO2/c1-4-17(14-7-5-13(16)6-8-14)15(19)10-11(2)9-12(3)18/h5-8,11,18H,3-4,9-10H2,1-2H3. The molecule has 0 heterocycles. The van der Waals surface area contributed by atoms with Crippen LogP contribution in [0.1, 0.15) is 26.7 Å². The van der Waals surface area contributed by atoms with Crippen LogP contribution in [0.15, 0.2) is 36.6 Å². The van der Waals surface area contributed by atoms with Crippen molar-refractivity contribution in [2.45, 2.75) is 26.7 Å². The van der Waals surface area contributed by atoms with Crippen molar-refractivity contribution in [3.8, 4) is 0 Å². The van der Waals surface area contributed by atoms with Crippen LogP contribution in [0.25, 0.3) is 0 Å². The number of carbonyl (C=O) groups excluding carboxylic acids is 1. The first kappa shape index (κ1) is 15.6. The van der Waals surface area contributed by atoms with Gasteiger partial charge in [-0.05, 0) is 37.1 Å². The summed E-state index contributed by atoms with van der Waals surface area (Å²) in [6, 6.07) is 7.20. The summed E-state index contributed by atoms with van der Waals surface area (Å²) in [5.74, 6) is 0.236. The van der Waals surface area contributed by atoms with E-state index in [4.69, 9.17) is 16.7 Å². The molecule has 0 spiro atoms. The van der Waals surface area contributed by atoms with Crippen LogP contribution in [0, 0.1) is 5.92 Å². The molecule has 0 bridgehead atoms. The number of halogens is 1. The van der Waals surface area contributed by atoms with Crippen molar-refractivity contribution in [3.63, 3.8) is 0 Å². The molecule has 0 aromatic heterocycles. The van der Waals surface area contributed by atoms with Gasteiger partial charge in [-0.25, -0.2) is 0 Å². The van der Waals surface area contributed by atoms with Gasteiger partial charge in [0.15, 0.2) is 0 Å². The fraction of sp³-hybridized carbons (Fsp3) is 0.400. The van der Waals surface area contributed by atoms with E-state index in [1.807, 2.05) is 26.0 Å². The van der Waals surface area contributed by atoms with E-state index in [9.17, 15) is 4.79 Å². The molecular formula is C15H20ClNO2. The van der Waals surface area contributed by atoms with Crippen molar-refractivity contribution in [2.75, 3.05) is 11.4 Å². The molecule has 1 amide bonds. The maximum absolute atomic E-state index is 12.2. The quantitative estimate of drug-likeness (QED) is 0.795. The largest absolute Gasteiger partial charge is 0.513 e. The summed E-state index contributed by atoms with van der Waals surface area (Å²) < 4.78 is 0. The summed E-state index contributed by atoms with van der Waals surface area (Å²) in [7, 11) is 0. The van der Waals surface area contributed by atoms with Gasteiger partial charge in [0.1, 0.15) is 0 Å². The molecule has 0 radical (unpaired) electrons. The average molecular weight is 282 g/mol. The van der Waals surface area contributed by atoms with E-state index in [-0.39, 0.29) is 17.6 Å². The number of rotatable bonds is 6. The summed E-state index contributed by atoms with van der Waals surface area (Å²) >= 11 is 5.84. The van der Waals surface area contributed by atoms with E-state index in [0.29, 0.717) is 24.4 Å². The number of allylic oxidation sites excluding steroid dienone is 1. The Labute approximate surface area is 119 Å². The Balaban J connectivity index is 2.71. The first-order chi connectivity index (χ1) is 8.93. The highest BCUT2D eigenvalue weighted by molar-refractivity contribution is 6.30. The highest BCUT2D eigenvalue weighted by Gasteiger charge is 2.17. The van der Waals surface area contributed by atoms with Crippen LogP contribution in [0.2, 0.25) is 5.02 Å². The van der Waals surface area contributed by atoms with Crippen LogP contribution in [0.5, 0.6) is 0 Å². The zero-order valence-corrected chi connectivity index (χ0v) is 12.2. The van der Waals surface area contributed by atoms with Crippen molar-refractivity contribution in [3.05, 3.63) is 41.6 Å². The summed E-state index contributed by atoms with van der Waals surface area (Å²) in [5, 5.41) is 9.80. The number of carbonyl (C=O) groups is 1. The predicted octanol–water partition coefficient (Wildman–Crippen LogP) is 4.18. The molecule has 0 saturated carbocycles. The third kappa shape index (κ3) is 4.95. The summed E-state index contributed by atoms with van der Waals surface area (Å²) in [6.07, 6.45) is 0.833. The van der Waals surface area contributed by atoms with Gasteiger partial charge in [0.2, 0.25) is 5.91 Å². The van der Waals surface area contributed by atoms with Crippen molar-refractivity contribution in [2.24, 2.45) is 5.92 Å². The lowest BCUT2D eigenvalue weighted by atomic mass is 10.0. The SMILES string of the molecule is C=C(O)CC(C)CC(=O)N(CC)c1ccc(Cl)cc1. The maximum Gasteiger partial charge on any atom is 0.227 e. The number of aliphatic hydroxyl groups excluding tert-OH is 1. The van der Waals surface area contributed by atoms with Gasteiger partial charge in [0.25, 0.3) is 0 Å². The van der Waals surface area contributed by atoms with Gasteiger partial charge >= 0.3 is 0 Å². The molecule has 0 aliphatic carbocycles. The Bertz CT molecular complexity index is 442. The van der Waals surface area contributed by atoms with Gasteiger partial charge in [-0.1, -0.05) is 25.1 Å². The van der Waals surface area contributed by atoms with Crippen LogP contribution in [-0.4, -0.2) is 17.6 Å². The van der Waals surface area contributed by atoms with Crippen LogP contribution in [0.3, 0.4) is 0 Å². The fourth-order valence-corrected chi connectivity index (χ4v) is 2.13. The molecule has 0 saturated heterocycles. The lowest BCUT2D eigenvalue weighted by Crippen LogP contribution is -2.31. The summed E-state index contributed by atoms with van der Waals surface area (Å²) in [4.78, 5) is 13.9. The third-order valence-electron chi connectivity index (χ3n) is 2.86. The first-order valence-corrected chi connectivity index (χ1v) is 6.74. The number of hydrogen-bond donors (Lipinski definition) is 1. The fourth-order valence-electron chi connectivity index (χ4n) is 2.01. The van der Waals surface area contributed by atoms with Crippen molar-refractivity contribution in [1.82, 2.24) is 0 Å². The minimum atomic E-state index is 0.0403. The van der Waals surface area contributed by atoms with E-state index < -0.39 is 0 Å². The molecule has 0 fully saturated rings. The molecule has 1 N–H and O–H groups in total. The molecule has 3 nitrogen and oxygen atoms in total. The molecule has 1 aromatic carbocycles. The highest BCUT2D eigenvalue weighted by Crippen LogP contribution is 2.21. The molecule has 1 atom stereocenters. The van der Waals surface area contributed by atoms with Gasteiger partial charge in [-0.2, -0.15) is 0 Å². The molecule has 4 heteroatoms. The Morgan fingerprint density at radius 1 is 1.37 bits per heavy atom. The smallest absolute Gasteiger partial charge is 0.227 e. The number of benzene rings is 1. The summed E-state index contributed by atoms with van der Waals surface area (Å²) in [5.41, 5.74) is 0.840. The van der Waals surface area contributed by atoms with E-state index in [1.54, 1.807) is 17.0 Å². The number of anilines is 1. The molecule has 1 rings (SSSR count). The Kier molecular flexibility index (Phi) is 5.90. The van der Waals surface area contributed by atoms with Gasteiger partial charge in [-0.15, -0.1) is 0 Å². The Morgan fingerprint density at radius 3 is 2.42 bits per heavy atom. The number of nitrogens with zero attached hydrogens (tertiary/aromatic N) is 1. The first-order valence-electron chi connectivity index (χ1n) is 6.36. The molecule has 1 unspecified atom stereocenters. The topological polar surface area (TPSA) is 40.5 Å². The second-order valence-electron chi connectivity index (χ2n) is 4.69. The number of hydrogen-bond acceptors (Lipinski definition) is 2. The normalized spacial score (nSPS) is 11.9. The predicted molar refractivity (Wildman–Crippen MR) is 79.6 cm³/mol. The summed E-state index contributed by atoms with van der Waals surface area (Å²) in [6.45, 7) is 7.91. The maximum atomic E-state index is 12.2. The van der Waals surface area contributed by atoms with Gasteiger partial charge in [0.05, 0.1) is 5.76 Å². The molecule has 19 heavy (non-hydrogen) atoms. The van der Waals surface area contributed by atoms with E-state index in [2.05, 4.69) is 6.58 Å². The molecule has 104 valence electrons. The Hall–Kier alpha value is -1.48. The lowest BCUT2D eigenvalue weighted by molar-refractivity contribution is -0.119. The van der Waals surface area contributed by atoms with Crippen LogP contribution in [-0.2, 0) is 4.79 Å². The minimum Gasteiger partial charge on any atom is -0.513 e. The monoisotopic (exact) mass is 281 g/mol. The molecule has 1 aromatic rings. The zero-order chi connectivity index (χ0) is 14.4. The van der Waals surface area contributed by atoms with Crippen LogP contribution >= 0.6 is 11.6 Å². The Morgan fingerprint density at radius 2 is 1.95 bits per heavy atom. The average Bonchev–Trinajstić information content (AvgIpc) is 2.31.